The molecule has 24 heavy (non-hydrogen) atoms. The number of rotatable bonds is 6. The van der Waals surface area contributed by atoms with Crippen LogP contribution in [0, 0.1) is 6.92 Å². The van der Waals surface area contributed by atoms with Crippen molar-refractivity contribution in [3.63, 3.8) is 0 Å². The standard InChI is InChI=1S/C11H12F5N5O2S/c1-7-4-9(11(14,15)16)19-20(7)3-2-18-24(22,23)8-5-17-21(6-8)10(12)13/h4-6,10,18H,2-3H2,1H3. The Morgan fingerprint density at radius 3 is 2.50 bits per heavy atom. The summed E-state index contributed by atoms with van der Waals surface area (Å²) in [5, 5.41) is 6.54. The highest BCUT2D eigenvalue weighted by molar-refractivity contribution is 7.89. The Bertz CT molecular complexity index is 811. The van der Waals surface area contributed by atoms with Crippen LogP contribution in [0.4, 0.5) is 22.0 Å². The fraction of sp³-hybridized carbons (Fsp3) is 0.455. The Kier molecular flexibility index (Phi) is 4.94. The van der Waals surface area contributed by atoms with Crippen LogP contribution >= 0.6 is 0 Å². The lowest BCUT2D eigenvalue weighted by molar-refractivity contribution is -0.141. The first-order valence-electron chi connectivity index (χ1n) is 6.44. The van der Waals surface area contributed by atoms with E-state index in [9.17, 15) is 30.4 Å². The largest absolute Gasteiger partial charge is 0.435 e. The van der Waals surface area contributed by atoms with E-state index in [2.05, 4.69) is 14.9 Å². The van der Waals surface area contributed by atoms with E-state index in [0.717, 1.165) is 16.9 Å². The van der Waals surface area contributed by atoms with E-state index in [1.165, 1.54) is 6.92 Å². The average molecular weight is 373 g/mol. The molecule has 2 rings (SSSR count). The first kappa shape index (κ1) is 18.3. The average Bonchev–Trinajstić information content (AvgIpc) is 3.06. The van der Waals surface area contributed by atoms with E-state index >= 15 is 0 Å². The van der Waals surface area contributed by atoms with E-state index in [1.54, 1.807) is 0 Å². The molecule has 13 heteroatoms. The summed E-state index contributed by atoms with van der Waals surface area (Å²) in [5.41, 5.74) is -0.881. The van der Waals surface area contributed by atoms with E-state index in [4.69, 9.17) is 0 Å². The van der Waals surface area contributed by atoms with E-state index in [1.807, 2.05) is 0 Å². The topological polar surface area (TPSA) is 81.8 Å². The van der Waals surface area contributed by atoms with Crippen LogP contribution in [-0.4, -0.2) is 34.5 Å². The number of hydrogen-bond acceptors (Lipinski definition) is 4. The van der Waals surface area contributed by atoms with Crippen molar-refractivity contribution in [2.24, 2.45) is 0 Å². The Morgan fingerprint density at radius 1 is 1.33 bits per heavy atom. The van der Waals surface area contributed by atoms with Crippen molar-refractivity contribution in [2.45, 2.75) is 31.1 Å². The van der Waals surface area contributed by atoms with Crippen molar-refractivity contribution in [3.8, 4) is 0 Å². The van der Waals surface area contributed by atoms with Crippen molar-refractivity contribution >= 4 is 10.0 Å². The molecule has 2 aromatic rings. The molecule has 0 bridgehead atoms. The minimum absolute atomic E-state index is 0.163. The maximum atomic E-state index is 12.5. The zero-order valence-corrected chi connectivity index (χ0v) is 12.9. The molecule has 0 fully saturated rings. The summed E-state index contributed by atoms with van der Waals surface area (Å²) in [5.74, 6) is 0. The van der Waals surface area contributed by atoms with Gasteiger partial charge in [-0.3, -0.25) is 4.68 Å². The Balaban J connectivity index is 2.01. The molecule has 0 saturated heterocycles. The second-order valence-corrected chi connectivity index (χ2v) is 6.49. The van der Waals surface area contributed by atoms with Crippen molar-refractivity contribution in [1.29, 1.82) is 0 Å². The highest BCUT2D eigenvalue weighted by Crippen LogP contribution is 2.28. The number of nitrogens with zero attached hydrogens (tertiary/aromatic N) is 4. The molecular formula is C11H12F5N5O2S. The van der Waals surface area contributed by atoms with Crippen LogP contribution in [0.3, 0.4) is 0 Å². The van der Waals surface area contributed by atoms with E-state index in [-0.39, 0.29) is 23.5 Å². The lowest BCUT2D eigenvalue weighted by Crippen LogP contribution is -2.28. The third-order valence-electron chi connectivity index (χ3n) is 2.98. The summed E-state index contributed by atoms with van der Waals surface area (Å²) in [7, 11) is -4.11. The van der Waals surface area contributed by atoms with Crippen molar-refractivity contribution in [1.82, 2.24) is 24.3 Å². The molecule has 0 aliphatic heterocycles. The lowest BCUT2D eigenvalue weighted by Gasteiger charge is -2.07. The normalized spacial score (nSPS) is 13.0. The third kappa shape index (κ3) is 4.08. The second-order valence-electron chi connectivity index (χ2n) is 4.72. The minimum atomic E-state index is -4.60. The predicted molar refractivity (Wildman–Crippen MR) is 70.6 cm³/mol. The fourth-order valence-corrected chi connectivity index (χ4v) is 2.77. The minimum Gasteiger partial charge on any atom is -0.268 e. The van der Waals surface area contributed by atoms with Crippen LogP contribution in [0.2, 0.25) is 0 Å². The summed E-state index contributed by atoms with van der Waals surface area (Å²) in [6.45, 7) is -2.03. The predicted octanol–water partition coefficient (Wildman–Crippen LogP) is 1.78. The summed E-state index contributed by atoms with van der Waals surface area (Å²) in [4.78, 5) is -0.476. The molecule has 7 nitrogen and oxygen atoms in total. The second kappa shape index (κ2) is 6.47. The molecule has 0 spiro atoms. The molecule has 2 heterocycles. The molecule has 0 atom stereocenters. The van der Waals surface area contributed by atoms with Crippen molar-refractivity contribution in [3.05, 3.63) is 29.8 Å². The SMILES string of the molecule is Cc1cc(C(F)(F)F)nn1CCNS(=O)(=O)c1cnn(C(F)F)c1. The van der Waals surface area contributed by atoms with Gasteiger partial charge in [-0.2, -0.15) is 32.1 Å². The van der Waals surface area contributed by atoms with Crippen molar-refractivity contribution in [2.75, 3.05) is 6.54 Å². The number of sulfonamides is 1. The highest BCUT2D eigenvalue weighted by Gasteiger charge is 2.34. The maximum absolute atomic E-state index is 12.5. The molecule has 0 aliphatic rings. The smallest absolute Gasteiger partial charge is 0.268 e. The highest BCUT2D eigenvalue weighted by atomic mass is 32.2. The van der Waals surface area contributed by atoms with E-state index in [0.29, 0.717) is 6.20 Å². The van der Waals surface area contributed by atoms with Gasteiger partial charge >= 0.3 is 12.7 Å². The summed E-state index contributed by atoms with van der Waals surface area (Å²) in [6.07, 6.45) is -3.21. The number of halogens is 5. The lowest BCUT2D eigenvalue weighted by atomic mass is 10.4. The van der Waals surface area contributed by atoms with Gasteiger partial charge in [0.15, 0.2) is 5.69 Å². The number of aryl methyl sites for hydroxylation is 1. The zero-order valence-electron chi connectivity index (χ0n) is 12.1. The van der Waals surface area contributed by atoms with Gasteiger partial charge in [-0.1, -0.05) is 0 Å². The zero-order chi connectivity index (χ0) is 18.1. The molecule has 0 saturated carbocycles. The van der Waals surface area contributed by atoms with Crippen LogP contribution in [0.5, 0.6) is 0 Å². The van der Waals surface area contributed by atoms with Crippen LogP contribution in [0.1, 0.15) is 17.9 Å². The molecule has 0 unspecified atom stereocenters. The van der Waals surface area contributed by atoms with Gasteiger partial charge in [0.1, 0.15) is 4.90 Å². The van der Waals surface area contributed by atoms with Gasteiger partial charge in [0.25, 0.3) is 0 Å². The molecule has 0 aliphatic carbocycles. The van der Waals surface area contributed by atoms with Gasteiger partial charge in [0.05, 0.1) is 18.9 Å². The van der Waals surface area contributed by atoms with Gasteiger partial charge < -0.3 is 0 Å². The Hall–Kier alpha value is -2.02. The van der Waals surface area contributed by atoms with Gasteiger partial charge in [0, 0.05) is 12.2 Å². The molecular weight excluding hydrogens is 361 g/mol. The maximum Gasteiger partial charge on any atom is 0.435 e. The van der Waals surface area contributed by atoms with Crippen LogP contribution in [0.15, 0.2) is 23.4 Å². The number of alkyl halides is 5. The monoisotopic (exact) mass is 373 g/mol. The number of nitrogens with one attached hydrogen (secondary N) is 1. The first-order valence-corrected chi connectivity index (χ1v) is 7.92. The van der Waals surface area contributed by atoms with Gasteiger partial charge in [0.2, 0.25) is 10.0 Å². The molecule has 134 valence electrons. The first-order chi connectivity index (χ1) is 11.0. The van der Waals surface area contributed by atoms with Crippen LogP contribution < -0.4 is 4.72 Å². The molecule has 1 N–H and O–H groups in total. The summed E-state index contributed by atoms with van der Waals surface area (Å²) in [6, 6.07) is 0.834. The fourth-order valence-electron chi connectivity index (χ4n) is 1.81. The third-order valence-corrected chi connectivity index (χ3v) is 4.39. The molecule has 0 amide bonds. The van der Waals surface area contributed by atoms with Gasteiger partial charge in [-0.25, -0.2) is 17.8 Å². The van der Waals surface area contributed by atoms with Crippen LogP contribution in [-0.2, 0) is 22.7 Å². The van der Waals surface area contributed by atoms with Crippen molar-refractivity contribution < 1.29 is 30.4 Å². The number of aromatic nitrogens is 4. The van der Waals surface area contributed by atoms with Gasteiger partial charge in [-0.15, -0.1) is 0 Å². The molecule has 2 aromatic heterocycles. The quantitative estimate of drug-likeness (QED) is 0.783. The van der Waals surface area contributed by atoms with Gasteiger partial charge in [-0.05, 0) is 13.0 Å². The van der Waals surface area contributed by atoms with E-state index < -0.39 is 33.3 Å². The summed E-state index contributed by atoms with van der Waals surface area (Å²) < 4.78 is 89.3. The Morgan fingerprint density at radius 2 is 2.00 bits per heavy atom. The molecule has 0 radical (unpaired) electrons. The number of hydrogen-bond donors (Lipinski definition) is 1. The summed E-state index contributed by atoms with van der Waals surface area (Å²) >= 11 is 0. The van der Waals surface area contributed by atoms with Crippen LogP contribution in [0.25, 0.3) is 0 Å². The molecule has 0 aromatic carbocycles. The Labute approximate surface area is 133 Å².